The summed E-state index contributed by atoms with van der Waals surface area (Å²) < 4.78 is 0. The van der Waals surface area contributed by atoms with Crippen LogP contribution in [0.1, 0.15) is 27.2 Å². The van der Waals surface area contributed by atoms with Crippen molar-refractivity contribution in [2.24, 2.45) is 0 Å². The highest BCUT2D eigenvalue weighted by molar-refractivity contribution is 6.30. The van der Waals surface area contributed by atoms with E-state index in [2.05, 4.69) is 15.3 Å². The van der Waals surface area contributed by atoms with E-state index < -0.39 is 5.56 Å². The molecule has 3 N–H and O–H groups in total. The fraction of sp³-hybridized carbons (Fsp3) is 0.0800. The Bertz CT molecular complexity index is 1400. The number of hydrogen-bond acceptors (Lipinski definition) is 4. The topological polar surface area (TPSA) is 95.1 Å². The van der Waals surface area contributed by atoms with Crippen molar-refractivity contribution in [1.82, 2.24) is 15.3 Å². The van der Waals surface area contributed by atoms with Crippen molar-refractivity contribution in [2.75, 3.05) is 6.54 Å². The van der Waals surface area contributed by atoms with E-state index in [0.29, 0.717) is 45.2 Å². The molecular weight excluding hydrogens is 461 g/mol. The lowest BCUT2D eigenvalue weighted by molar-refractivity contribution is 0.0954. The third-order valence-corrected chi connectivity index (χ3v) is 5.51. The number of H-pyrrole nitrogens is 1. The first kappa shape index (κ1) is 22.6. The van der Waals surface area contributed by atoms with E-state index in [9.17, 15) is 14.7 Å². The second-order valence-electron chi connectivity index (χ2n) is 7.35. The van der Waals surface area contributed by atoms with Gasteiger partial charge in [0, 0.05) is 33.8 Å². The number of halogens is 2. The number of rotatable bonds is 6. The number of carbonyl (C=O) groups is 1. The second kappa shape index (κ2) is 9.90. The summed E-state index contributed by atoms with van der Waals surface area (Å²) in [6, 6.07) is 18.9. The van der Waals surface area contributed by atoms with Gasteiger partial charge in [-0.15, -0.1) is 0 Å². The van der Waals surface area contributed by atoms with E-state index >= 15 is 0 Å². The first-order valence-corrected chi connectivity index (χ1v) is 10.9. The maximum absolute atomic E-state index is 12.5. The fourth-order valence-corrected chi connectivity index (χ4v) is 3.50. The number of nitrogens with zero attached hydrogens (tertiary/aromatic N) is 1. The number of nitrogens with one attached hydrogen (secondary N) is 2. The van der Waals surface area contributed by atoms with Gasteiger partial charge in [-0.05, 0) is 66.6 Å². The van der Waals surface area contributed by atoms with Gasteiger partial charge in [0.2, 0.25) is 0 Å². The van der Waals surface area contributed by atoms with Crippen LogP contribution in [0.25, 0.3) is 22.9 Å². The van der Waals surface area contributed by atoms with Crippen molar-refractivity contribution in [3.05, 3.63) is 110 Å². The quantitative estimate of drug-likeness (QED) is 0.328. The number of hydrogen-bond donors (Lipinski definition) is 3. The standard InChI is InChI=1S/C25H19Cl2N3O3/c26-18-6-1-15(2-7-18)11-12-28-24(32)17-5-10-20-21(13-17)30-25(33)22(29-20)14-23(31)16-3-8-19(27)9-4-16/h1-10,13-14,31H,11-12H2,(H,28,32)(H,30,33)/b23-14-. The maximum Gasteiger partial charge on any atom is 0.274 e. The SMILES string of the molecule is O=C(NCCc1ccc(Cl)cc1)c1ccc2nc(/C=C(\O)c3ccc(Cl)cc3)c(=O)[nH]c2c1. The minimum atomic E-state index is -0.483. The van der Waals surface area contributed by atoms with E-state index in [1.165, 1.54) is 6.08 Å². The van der Waals surface area contributed by atoms with Crippen LogP contribution in [0.5, 0.6) is 0 Å². The molecule has 8 heteroatoms. The second-order valence-corrected chi connectivity index (χ2v) is 8.22. The third kappa shape index (κ3) is 5.61. The zero-order valence-corrected chi connectivity index (χ0v) is 18.8. The first-order chi connectivity index (χ1) is 15.9. The molecule has 0 saturated heterocycles. The molecule has 33 heavy (non-hydrogen) atoms. The van der Waals surface area contributed by atoms with Crippen molar-refractivity contribution in [3.63, 3.8) is 0 Å². The molecule has 1 aromatic heterocycles. The smallest absolute Gasteiger partial charge is 0.274 e. The van der Waals surface area contributed by atoms with Crippen LogP contribution in [0, 0.1) is 0 Å². The van der Waals surface area contributed by atoms with Gasteiger partial charge < -0.3 is 15.4 Å². The molecule has 1 amide bonds. The molecule has 3 aromatic carbocycles. The van der Waals surface area contributed by atoms with Crippen LogP contribution in [-0.2, 0) is 6.42 Å². The highest BCUT2D eigenvalue weighted by atomic mass is 35.5. The lowest BCUT2D eigenvalue weighted by Crippen LogP contribution is -2.25. The minimum absolute atomic E-state index is 0.0510. The molecule has 1 heterocycles. The maximum atomic E-state index is 12.5. The molecule has 0 aliphatic heterocycles. The summed E-state index contributed by atoms with van der Waals surface area (Å²) in [7, 11) is 0. The average molecular weight is 480 g/mol. The number of aromatic amines is 1. The summed E-state index contributed by atoms with van der Waals surface area (Å²) in [4.78, 5) is 32.0. The van der Waals surface area contributed by atoms with Crippen LogP contribution in [0.15, 0.2) is 71.5 Å². The average Bonchev–Trinajstić information content (AvgIpc) is 2.81. The molecule has 4 aromatic rings. The van der Waals surface area contributed by atoms with E-state index in [0.717, 1.165) is 5.56 Å². The number of benzene rings is 3. The largest absolute Gasteiger partial charge is 0.507 e. The van der Waals surface area contributed by atoms with E-state index in [1.54, 1.807) is 42.5 Å². The van der Waals surface area contributed by atoms with Crippen molar-refractivity contribution < 1.29 is 9.90 Å². The molecule has 0 atom stereocenters. The zero-order valence-electron chi connectivity index (χ0n) is 17.3. The highest BCUT2D eigenvalue weighted by Gasteiger charge is 2.10. The van der Waals surface area contributed by atoms with E-state index in [1.807, 2.05) is 24.3 Å². The fourth-order valence-electron chi connectivity index (χ4n) is 3.25. The molecule has 0 aliphatic rings. The Labute approximate surface area is 199 Å². The van der Waals surface area contributed by atoms with Gasteiger partial charge in [0.25, 0.3) is 11.5 Å². The normalized spacial score (nSPS) is 11.5. The minimum Gasteiger partial charge on any atom is -0.507 e. The molecule has 166 valence electrons. The van der Waals surface area contributed by atoms with E-state index in [4.69, 9.17) is 23.2 Å². The van der Waals surface area contributed by atoms with Crippen molar-refractivity contribution in [3.8, 4) is 0 Å². The first-order valence-electron chi connectivity index (χ1n) is 10.1. The van der Waals surface area contributed by atoms with Gasteiger partial charge in [0.15, 0.2) is 0 Å². The molecule has 6 nitrogen and oxygen atoms in total. The van der Waals surface area contributed by atoms with Crippen LogP contribution in [0.4, 0.5) is 0 Å². The van der Waals surface area contributed by atoms with Gasteiger partial charge in [0.05, 0.1) is 11.0 Å². The summed E-state index contributed by atoms with van der Waals surface area (Å²) in [6.07, 6.45) is 1.96. The highest BCUT2D eigenvalue weighted by Crippen LogP contribution is 2.18. The molecular formula is C25H19Cl2N3O3. The van der Waals surface area contributed by atoms with Gasteiger partial charge in [-0.1, -0.05) is 35.3 Å². The molecule has 0 unspecified atom stereocenters. The van der Waals surface area contributed by atoms with Gasteiger partial charge in [0.1, 0.15) is 11.5 Å². The Morgan fingerprint density at radius 3 is 2.30 bits per heavy atom. The van der Waals surface area contributed by atoms with Crippen LogP contribution in [-0.4, -0.2) is 27.5 Å². The van der Waals surface area contributed by atoms with Crippen molar-refractivity contribution >= 4 is 52.0 Å². The predicted octanol–water partition coefficient (Wildman–Crippen LogP) is 5.26. The van der Waals surface area contributed by atoms with Crippen molar-refractivity contribution in [1.29, 1.82) is 0 Å². The summed E-state index contributed by atoms with van der Waals surface area (Å²) in [5.74, 6) is -0.364. The number of aliphatic hydroxyl groups is 1. The molecule has 0 bridgehead atoms. The number of carbonyl (C=O) groups excluding carboxylic acids is 1. The Hall–Kier alpha value is -3.61. The Morgan fingerprint density at radius 1 is 0.970 bits per heavy atom. The van der Waals surface area contributed by atoms with Gasteiger partial charge in [-0.2, -0.15) is 0 Å². The van der Waals surface area contributed by atoms with Gasteiger partial charge >= 0.3 is 0 Å². The summed E-state index contributed by atoms with van der Waals surface area (Å²) in [6.45, 7) is 0.459. The van der Waals surface area contributed by atoms with Crippen molar-refractivity contribution in [2.45, 2.75) is 6.42 Å². The number of fused-ring (bicyclic) bond motifs is 1. The van der Waals surface area contributed by atoms with Crippen LogP contribution in [0.2, 0.25) is 10.0 Å². The number of amides is 1. The molecule has 0 spiro atoms. The Kier molecular flexibility index (Phi) is 6.77. The summed E-state index contributed by atoms with van der Waals surface area (Å²) >= 11 is 11.7. The molecule has 4 rings (SSSR count). The van der Waals surface area contributed by atoms with Gasteiger partial charge in [-0.25, -0.2) is 4.98 Å². The molecule has 0 aliphatic carbocycles. The summed E-state index contributed by atoms with van der Waals surface area (Å²) in [5, 5.41) is 14.4. The monoisotopic (exact) mass is 479 g/mol. The Morgan fingerprint density at radius 2 is 1.61 bits per heavy atom. The lowest BCUT2D eigenvalue weighted by atomic mass is 10.1. The summed E-state index contributed by atoms with van der Waals surface area (Å²) in [5.41, 5.74) is 2.46. The predicted molar refractivity (Wildman–Crippen MR) is 132 cm³/mol. The van der Waals surface area contributed by atoms with Crippen LogP contribution in [0.3, 0.4) is 0 Å². The molecule has 0 fully saturated rings. The van der Waals surface area contributed by atoms with E-state index in [-0.39, 0.29) is 17.4 Å². The van der Waals surface area contributed by atoms with Crippen LogP contribution < -0.4 is 10.9 Å². The lowest BCUT2D eigenvalue weighted by Gasteiger charge is -2.07. The molecule has 0 radical (unpaired) electrons. The number of aromatic nitrogens is 2. The molecule has 0 saturated carbocycles. The van der Waals surface area contributed by atoms with Crippen LogP contribution >= 0.6 is 23.2 Å². The third-order valence-electron chi connectivity index (χ3n) is 5.01. The zero-order chi connectivity index (χ0) is 23.4. The number of aliphatic hydroxyl groups excluding tert-OH is 1. The van der Waals surface area contributed by atoms with Gasteiger partial charge in [-0.3, -0.25) is 9.59 Å². The Balaban J connectivity index is 1.49.